The third kappa shape index (κ3) is 6.15. The van der Waals surface area contributed by atoms with Crippen LogP contribution in [0.3, 0.4) is 0 Å². The van der Waals surface area contributed by atoms with E-state index in [1.54, 1.807) is 36.5 Å². The molecule has 0 bridgehead atoms. The average Bonchev–Trinajstić information content (AvgIpc) is 3.03. The third-order valence-corrected chi connectivity index (χ3v) is 6.76. The minimum Gasteiger partial charge on any atom is -0.507 e. The van der Waals surface area contributed by atoms with E-state index in [9.17, 15) is 18.3 Å². The van der Waals surface area contributed by atoms with Crippen LogP contribution in [0.4, 0.5) is 41.6 Å². The summed E-state index contributed by atoms with van der Waals surface area (Å²) in [6.45, 7) is 0. The normalized spacial score (nSPS) is 12.3. The molecule has 0 spiro atoms. The second-order valence-electron chi connectivity index (χ2n) is 9.59. The summed E-state index contributed by atoms with van der Waals surface area (Å²) in [6.07, 6.45) is -2.72. The first-order valence-electron chi connectivity index (χ1n) is 13.2. The average molecular weight is 574 g/mol. The van der Waals surface area contributed by atoms with Crippen LogP contribution in [0, 0.1) is 0 Å². The summed E-state index contributed by atoms with van der Waals surface area (Å²) in [5.74, 6) is 0.157. The molecule has 0 heterocycles. The van der Waals surface area contributed by atoms with Gasteiger partial charge in [0.25, 0.3) is 0 Å². The lowest BCUT2D eigenvalue weighted by Crippen LogP contribution is -2.03. The lowest BCUT2D eigenvalue weighted by Gasteiger charge is -2.07. The maximum Gasteiger partial charge on any atom is 0.416 e. The molecule has 6 aromatic rings. The summed E-state index contributed by atoms with van der Waals surface area (Å²) in [5, 5.41) is 31.1. The van der Waals surface area contributed by atoms with E-state index in [1.165, 1.54) is 12.1 Å². The number of aliphatic imine (C=N–C) groups is 1. The first kappa shape index (κ1) is 27.5. The molecule has 0 amide bonds. The number of phenols is 1. The monoisotopic (exact) mass is 573 g/mol. The standard InChI is InChI=1S/C34H22F3N5O/c35-34(36,37)23-10-12-24(13-11-23)39-40-25-14-16-26(17-15-25)41-42-32-19-18-31(28-7-3-4-8-29(28)32)38-21-30-27-6-2-1-5-22(27)9-20-33(30)43/h1-21,43H/b38-21+,40-39+,42-41+. The maximum atomic E-state index is 12.7. The second kappa shape index (κ2) is 11.7. The Balaban J connectivity index is 1.21. The van der Waals surface area contributed by atoms with E-state index in [4.69, 9.17) is 4.99 Å². The quantitative estimate of drug-likeness (QED) is 0.156. The molecule has 0 radical (unpaired) electrons. The maximum absolute atomic E-state index is 12.7. The van der Waals surface area contributed by atoms with Crippen molar-refractivity contribution < 1.29 is 18.3 Å². The Morgan fingerprint density at radius 2 is 1.02 bits per heavy atom. The molecule has 1 N–H and O–H groups in total. The van der Waals surface area contributed by atoms with E-state index in [1.807, 2.05) is 66.7 Å². The molecule has 0 aliphatic carbocycles. The molecule has 43 heavy (non-hydrogen) atoms. The van der Waals surface area contributed by atoms with Crippen LogP contribution in [0.25, 0.3) is 21.5 Å². The molecule has 0 aromatic heterocycles. The molecule has 0 aliphatic rings. The molecule has 0 aliphatic heterocycles. The lowest BCUT2D eigenvalue weighted by atomic mass is 10.0. The summed E-state index contributed by atoms with van der Waals surface area (Å²) >= 11 is 0. The number of aromatic hydroxyl groups is 1. The topological polar surface area (TPSA) is 82.0 Å². The smallest absolute Gasteiger partial charge is 0.416 e. The van der Waals surface area contributed by atoms with Gasteiger partial charge in [-0.3, -0.25) is 4.99 Å². The molecular weight excluding hydrogens is 551 g/mol. The van der Waals surface area contributed by atoms with Crippen molar-refractivity contribution >= 4 is 56.2 Å². The van der Waals surface area contributed by atoms with Gasteiger partial charge in [-0.15, -0.1) is 5.11 Å². The predicted molar refractivity (Wildman–Crippen MR) is 163 cm³/mol. The highest BCUT2D eigenvalue weighted by atomic mass is 19.4. The van der Waals surface area contributed by atoms with Gasteiger partial charge in [0.05, 0.1) is 34.0 Å². The number of alkyl halides is 3. The number of hydrogen-bond acceptors (Lipinski definition) is 6. The Kier molecular flexibility index (Phi) is 7.44. The van der Waals surface area contributed by atoms with Gasteiger partial charge >= 0.3 is 6.18 Å². The first-order valence-corrected chi connectivity index (χ1v) is 13.2. The SMILES string of the molecule is Oc1ccc2ccccc2c1/C=N/c1ccc(/N=N/c2ccc(/N=N/c3ccc(C(F)(F)F)cc3)cc2)c2ccccc12. The summed E-state index contributed by atoms with van der Waals surface area (Å²) in [4.78, 5) is 4.71. The zero-order chi connectivity index (χ0) is 29.8. The van der Waals surface area contributed by atoms with Gasteiger partial charge in [-0.25, -0.2) is 0 Å². The highest BCUT2D eigenvalue weighted by Gasteiger charge is 2.29. The van der Waals surface area contributed by atoms with E-state index in [2.05, 4.69) is 20.5 Å². The van der Waals surface area contributed by atoms with Gasteiger partial charge in [-0.2, -0.15) is 28.5 Å². The van der Waals surface area contributed by atoms with Crippen molar-refractivity contribution in [2.45, 2.75) is 6.18 Å². The zero-order valence-corrected chi connectivity index (χ0v) is 22.4. The van der Waals surface area contributed by atoms with E-state index < -0.39 is 11.7 Å². The largest absolute Gasteiger partial charge is 0.507 e. The number of hydrogen-bond donors (Lipinski definition) is 1. The van der Waals surface area contributed by atoms with Crippen molar-refractivity contribution in [3.05, 3.63) is 132 Å². The fourth-order valence-electron chi connectivity index (χ4n) is 4.55. The Labute approximate surface area is 244 Å². The van der Waals surface area contributed by atoms with Crippen LogP contribution in [0.5, 0.6) is 5.75 Å². The molecule has 0 saturated carbocycles. The van der Waals surface area contributed by atoms with E-state index >= 15 is 0 Å². The van der Waals surface area contributed by atoms with Crippen LogP contribution in [0.1, 0.15) is 11.1 Å². The minimum atomic E-state index is -4.40. The molecular formula is C34H22F3N5O. The Hall–Kier alpha value is -5.70. The van der Waals surface area contributed by atoms with Gasteiger partial charge in [0.2, 0.25) is 0 Å². The van der Waals surface area contributed by atoms with Gasteiger partial charge < -0.3 is 5.11 Å². The zero-order valence-electron chi connectivity index (χ0n) is 22.4. The number of halogens is 3. The molecule has 210 valence electrons. The summed E-state index contributed by atoms with van der Waals surface area (Å²) in [6, 6.07) is 34.1. The van der Waals surface area contributed by atoms with Crippen LogP contribution in [-0.2, 0) is 6.18 Å². The number of phenolic OH excluding ortho intramolecular Hbond substituents is 1. The fraction of sp³-hybridized carbons (Fsp3) is 0.0294. The first-order chi connectivity index (χ1) is 20.8. The van der Waals surface area contributed by atoms with Crippen LogP contribution in [0.15, 0.2) is 147 Å². The Morgan fingerprint density at radius 3 is 1.65 bits per heavy atom. The Bertz CT molecular complexity index is 2020. The van der Waals surface area contributed by atoms with Gasteiger partial charge in [-0.05, 0) is 77.5 Å². The third-order valence-electron chi connectivity index (χ3n) is 6.76. The van der Waals surface area contributed by atoms with E-state index in [0.29, 0.717) is 28.3 Å². The number of benzene rings is 6. The van der Waals surface area contributed by atoms with Gasteiger partial charge in [0.15, 0.2) is 0 Å². The van der Waals surface area contributed by atoms with E-state index in [-0.39, 0.29) is 5.75 Å². The number of azo groups is 2. The van der Waals surface area contributed by atoms with Crippen LogP contribution in [0.2, 0.25) is 0 Å². The van der Waals surface area contributed by atoms with Crippen molar-refractivity contribution in [3.8, 4) is 5.75 Å². The lowest BCUT2D eigenvalue weighted by molar-refractivity contribution is -0.137. The summed E-state index contributed by atoms with van der Waals surface area (Å²) in [5.41, 5.74) is 2.71. The van der Waals surface area contributed by atoms with Gasteiger partial charge in [0.1, 0.15) is 5.75 Å². The van der Waals surface area contributed by atoms with Crippen LogP contribution in [-0.4, -0.2) is 11.3 Å². The molecule has 6 aromatic carbocycles. The Morgan fingerprint density at radius 1 is 0.512 bits per heavy atom. The van der Waals surface area contributed by atoms with Crippen LogP contribution >= 0.6 is 0 Å². The van der Waals surface area contributed by atoms with Crippen molar-refractivity contribution in [2.75, 3.05) is 0 Å². The summed E-state index contributed by atoms with van der Waals surface area (Å²) < 4.78 is 38.2. The number of fused-ring (bicyclic) bond motifs is 2. The molecule has 0 unspecified atom stereocenters. The molecule has 0 atom stereocenters. The fourth-order valence-corrected chi connectivity index (χ4v) is 4.55. The second-order valence-corrected chi connectivity index (χ2v) is 9.59. The molecule has 6 rings (SSSR count). The number of nitrogens with zero attached hydrogens (tertiary/aromatic N) is 5. The van der Waals surface area contributed by atoms with Crippen molar-refractivity contribution in [1.82, 2.24) is 0 Å². The molecule has 0 saturated heterocycles. The molecule has 0 fully saturated rings. The highest BCUT2D eigenvalue weighted by molar-refractivity contribution is 6.05. The van der Waals surface area contributed by atoms with Crippen molar-refractivity contribution in [3.63, 3.8) is 0 Å². The minimum absolute atomic E-state index is 0.157. The molecule has 6 nitrogen and oxygen atoms in total. The summed E-state index contributed by atoms with van der Waals surface area (Å²) in [7, 11) is 0. The van der Waals surface area contributed by atoms with Crippen LogP contribution < -0.4 is 0 Å². The van der Waals surface area contributed by atoms with Crippen molar-refractivity contribution in [2.24, 2.45) is 25.4 Å². The van der Waals surface area contributed by atoms with Gasteiger partial charge in [0, 0.05) is 22.6 Å². The predicted octanol–water partition coefficient (Wildman–Crippen LogP) is 11.3. The highest BCUT2D eigenvalue weighted by Crippen LogP contribution is 2.35. The number of rotatable bonds is 6. The molecule has 9 heteroatoms. The van der Waals surface area contributed by atoms with E-state index in [0.717, 1.165) is 39.4 Å². The van der Waals surface area contributed by atoms with Crippen molar-refractivity contribution in [1.29, 1.82) is 0 Å². The van der Waals surface area contributed by atoms with Gasteiger partial charge in [-0.1, -0.05) is 54.6 Å².